The summed E-state index contributed by atoms with van der Waals surface area (Å²) in [6, 6.07) is 12.3. The third kappa shape index (κ3) is 1.92. The number of piperidine rings is 1. The number of rotatable bonds is 1. The topological polar surface area (TPSA) is 47.3 Å². The minimum Gasteiger partial charge on any atom is -0.375 e. The quantitative estimate of drug-likeness (QED) is 0.770. The Balaban J connectivity index is 2.39. The minimum atomic E-state index is -1.24. The lowest BCUT2D eigenvalue weighted by Gasteiger charge is -2.48. The van der Waals surface area contributed by atoms with E-state index < -0.39 is 5.60 Å². The number of hydrogen-bond acceptors (Lipinski definition) is 3. The van der Waals surface area contributed by atoms with Crippen LogP contribution >= 0.6 is 0 Å². The first kappa shape index (κ1) is 13.1. The molecule has 3 nitrogen and oxygen atoms in total. The number of hydrogen-bond donors (Lipinski definition) is 1. The van der Waals surface area contributed by atoms with Crippen LogP contribution in [0.5, 0.6) is 0 Å². The fourth-order valence-electron chi connectivity index (χ4n) is 3.16. The molecule has 1 N–H and O–H groups in total. The summed E-state index contributed by atoms with van der Waals surface area (Å²) in [5.74, 6) is -0.152. The van der Waals surface area contributed by atoms with Gasteiger partial charge in [0.2, 0.25) is 0 Å². The molecule has 1 aliphatic rings. The second-order valence-corrected chi connectivity index (χ2v) is 5.42. The monoisotopic (exact) mass is 244 g/mol. The summed E-state index contributed by atoms with van der Waals surface area (Å²) < 4.78 is 0. The Hall–Kier alpha value is -1.37. The molecule has 1 aliphatic heterocycles. The van der Waals surface area contributed by atoms with Crippen LogP contribution in [0.4, 0.5) is 0 Å². The van der Waals surface area contributed by atoms with Crippen molar-refractivity contribution in [1.82, 2.24) is 4.90 Å². The summed E-state index contributed by atoms with van der Waals surface area (Å²) in [7, 11) is 2.06. The van der Waals surface area contributed by atoms with Crippen molar-refractivity contribution in [3.05, 3.63) is 35.9 Å². The maximum absolute atomic E-state index is 10.6. The van der Waals surface area contributed by atoms with Gasteiger partial charge in [-0.1, -0.05) is 44.2 Å². The maximum atomic E-state index is 10.6. The molecular formula is C15H20N2O. The SMILES string of the molecule is C[C@@H]1CN(C)[C@H](c2ccccc2)[C@H](C)[C@@]1(O)C#N. The van der Waals surface area contributed by atoms with Crippen LogP contribution in [-0.2, 0) is 0 Å². The van der Waals surface area contributed by atoms with Crippen LogP contribution < -0.4 is 0 Å². The van der Waals surface area contributed by atoms with Gasteiger partial charge in [-0.25, -0.2) is 0 Å². The zero-order valence-corrected chi connectivity index (χ0v) is 11.2. The lowest BCUT2D eigenvalue weighted by molar-refractivity contribution is -0.0878. The van der Waals surface area contributed by atoms with Gasteiger partial charge in [-0.2, -0.15) is 5.26 Å². The van der Waals surface area contributed by atoms with Crippen molar-refractivity contribution >= 4 is 0 Å². The Kier molecular flexibility index (Phi) is 3.43. The molecule has 4 atom stereocenters. The van der Waals surface area contributed by atoms with Gasteiger partial charge in [0.05, 0.1) is 6.07 Å². The largest absolute Gasteiger partial charge is 0.375 e. The lowest BCUT2D eigenvalue weighted by Crippen LogP contribution is -2.55. The number of nitrogens with zero attached hydrogens (tertiary/aromatic N) is 2. The van der Waals surface area contributed by atoms with E-state index in [9.17, 15) is 10.4 Å². The summed E-state index contributed by atoms with van der Waals surface area (Å²) in [5.41, 5.74) is -0.0828. The minimum absolute atomic E-state index is 0.0394. The molecular weight excluding hydrogens is 224 g/mol. The standard InChI is InChI=1S/C15H20N2O/c1-11-9-17(3)14(12(2)15(11,18)10-16)13-7-5-4-6-8-13/h4-8,11-12,14,18H,9H2,1-3H3/t11-,12+,14+,15-/m1/s1. The third-order valence-electron chi connectivity index (χ3n) is 4.28. The van der Waals surface area contributed by atoms with Crippen molar-refractivity contribution in [3.63, 3.8) is 0 Å². The molecule has 3 heteroatoms. The molecule has 0 bridgehead atoms. The highest BCUT2D eigenvalue weighted by atomic mass is 16.3. The van der Waals surface area contributed by atoms with Crippen molar-refractivity contribution in [2.75, 3.05) is 13.6 Å². The molecule has 1 aromatic rings. The van der Waals surface area contributed by atoms with E-state index in [0.29, 0.717) is 0 Å². The summed E-state index contributed by atoms with van der Waals surface area (Å²) in [4.78, 5) is 2.23. The molecule has 0 spiro atoms. The van der Waals surface area contributed by atoms with Gasteiger partial charge in [-0.05, 0) is 12.6 Å². The third-order valence-corrected chi connectivity index (χ3v) is 4.28. The van der Waals surface area contributed by atoms with E-state index in [-0.39, 0.29) is 17.9 Å². The van der Waals surface area contributed by atoms with Crippen molar-refractivity contribution < 1.29 is 5.11 Å². The van der Waals surface area contributed by atoms with E-state index in [0.717, 1.165) is 12.1 Å². The molecule has 0 amide bonds. The second-order valence-electron chi connectivity index (χ2n) is 5.42. The van der Waals surface area contributed by atoms with Gasteiger partial charge in [0.25, 0.3) is 0 Å². The summed E-state index contributed by atoms with van der Waals surface area (Å²) >= 11 is 0. The van der Waals surface area contributed by atoms with Gasteiger partial charge in [-0.15, -0.1) is 0 Å². The van der Waals surface area contributed by atoms with E-state index >= 15 is 0 Å². The Morgan fingerprint density at radius 2 is 1.94 bits per heavy atom. The van der Waals surface area contributed by atoms with Crippen LogP contribution in [0.3, 0.4) is 0 Å². The van der Waals surface area contributed by atoms with Gasteiger partial charge in [0.15, 0.2) is 5.60 Å². The molecule has 0 aliphatic carbocycles. The molecule has 0 radical (unpaired) electrons. The summed E-state index contributed by atoms with van der Waals surface area (Å²) in [6.45, 7) is 4.64. The van der Waals surface area contributed by atoms with Gasteiger partial charge >= 0.3 is 0 Å². The number of aliphatic hydroxyl groups is 1. The van der Waals surface area contributed by atoms with Gasteiger partial charge in [0, 0.05) is 24.4 Å². The van der Waals surface area contributed by atoms with Gasteiger partial charge in [0.1, 0.15) is 0 Å². The van der Waals surface area contributed by atoms with E-state index in [4.69, 9.17) is 0 Å². The first-order chi connectivity index (χ1) is 8.50. The summed E-state index contributed by atoms with van der Waals surface area (Å²) in [6.07, 6.45) is 0. The van der Waals surface area contributed by atoms with Crippen LogP contribution in [0.2, 0.25) is 0 Å². The van der Waals surface area contributed by atoms with Crippen LogP contribution in [0.1, 0.15) is 25.5 Å². The van der Waals surface area contributed by atoms with Gasteiger partial charge < -0.3 is 5.11 Å². The average molecular weight is 244 g/mol. The van der Waals surface area contributed by atoms with Crippen molar-refractivity contribution in [2.45, 2.75) is 25.5 Å². The number of likely N-dealkylation sites (tertiary alicyclic amines) is 1. The van der Waals surface area contributed by atoms with E-state index in [1.807, 2.05) is 32.0 Å². The molecule has 2 rings (SSSR count). The Morgan fingerprint density at radius 3 is 2.50 bits per heavy atom. The smallest absolute Gasteiger partial charge is 0.159 e. The van der Waals surface area contributed by atoms with Crippen LogP contribution in [-0.4, -0.2) is 29.2 Å². The molecule has 1 heterocycles. The van der Waals surface area contributed by atoms with Crippen molar-refractivity contribution in [1.29, 1.82) is 5.26 Å². The molecule has 1 saturated heterocycles. The molecule has 18 heavy (non-hydrogen) atoms. The molecule has 0 saturated carbocycles. The Bertz CT molecular complexity index is 453. The molecule has 96 valence electrons. The van der Waals surface area contributed by atoms with Gasteiger partial charge in [-0.3, -0.25) is 4.90 Å². The highest BCUT2D eigenvalue weighted by Crippen LogP contribution is 2.43. The predicted molar refractivity (Wildman–Crippen MR) is 70.7 cm³/mol. The predicted octanol–water partition coefficient (Wildman–Crippen LogP) is 2.20. The molecule has 0 unspecified atom stereocenters. The van der Waals surface area contributed by atoms with Crippen LogP contribution in [0, 0.1) is 23.2 Å². The van der Waals surface area contributed by atoms with Crippen LogP contribution in [0.25, 0.3) is 0 Å². The molecule has 1 fully saturated rings. The summed E-state index contributed by atoms with van der Waals surface area (Å²) in [5, 5.41) is 19.9. The Labute approximate surface area is 109 Å². The molecule has 1 aromatic carbocycles. The average Bonchev–Trinajstić information content (AvgIpc) is 2.37. The number of benzene rings is 1. The van der Waals surface area contributed by atoms with Crippen molar-refractivity contribution in [2.24, 2.45) is 11.8 Å². The number of nitriles is 1. The fourth-order valence-corrected chi connectivity index (χ4v) is 3.16. The molecule has 0 aromatic heterocycles. The van der Waals surface area contributed by atoms with E-state index in [2.05, 4.69) is 30.1 Å². The van der Waals surface area contributed by atoms with E-state index in [1.54, 1.807) is 0 Å². The fraction of sp³-hybridized carbons (Fsp3) is 0.533. The first-order valence-corrected chi connectivity index (χ1v) is 6.39. The Morgan fingerprint density at radius 1 is 1.33 bits per heavy atom. The lowest BCUT2D eigenvalue weighted by atomic mass is 9.70. The highest BCUT2D eigenvalue weighted by molar-refractivity contribution is 5.24. The first-order valence-electron chi connectivity index (χ1n) is 6.39. The van der Waals surface area contributed by atoms with Crippen molar-refractivity contribution in [3.8, 4) is 6.07 Å². The van der Waals surface area contributed by atoms with E-state index in [1.165, 1.54) is 0 Å². The highest BCUT2D eigenvalue weighted by Gasteiger charge is 2.49. The maximum Gasteiger partial charge on any atom is 0.159 e. The van der Waals surface area contributed by atoms with Crippen LogP contribution in [0.15, 0.2) is 30.3 Å². The second kappa shape index (κ2) is 4.72. The normalized spacial score (nSPS) is 37.2. The zero-order chi connectivity index (χ0) is 13.3. The zero-order valence-electron chi connectivity index (χ0n) is 11.2.